The Hall–Kier alpha value is -1.75. The number of carbonyl (C=O) groups excluding carboxylic acids is 1. The highest BCUT2D eigenvalue weighted by molar-refractivity contribution is 5.73. The van der Waals surface area contributed by atoms with Crippen LogP contribution >= 0.6 is 0 Å². The van der Waals surface area contributed by atoms with Crippen LogP contribution in [0.1, 0.15) is 38.2 Å². The number of urea groups is 1. The van der Waals surface area contributed by atoms with Crippen LogP contribution in [-0.4, -0.2) is 50.8 Å². The first kappa shape index (κ1) is 19.6. The standard InChI is InChI=1S/C20H33N3O2/c1-17-10-15-23(16-11-17)14-6-5-12-21-20(24)22-13-9-18-7-3-4-8-19(18)25-2/h3-4,7-8,17H,5-6,9-16H2,1-2H3,(H2,21,22,24). The molecule has 1 saturated heterocycles. The highest BCUT2D eigenvalue weighted by Crippen LogP contribution is 2.17. The molecular formula is C20H33N3O2. The summed E-state index contributed by atoms with van der Waals surface area (Å²) in [6.07, 6.45) is 5.60. The molecule has 0 bridgehead atoms. The van der Waals surface area contributed by atoms with Gasteiger partial charge in [0.2, 0.25) is 0 Å². The van der Waals surface area contributed by atoms with E-state index < -0.39 is 0 Å². The zero-order valence-electron chi connectivity index (χ0n) is 15.7. The van der Waals surface area contributed by atoms with Gasteiger partial charge >= 0.3 is 6.03 Å². The van der Waals surface area contributed by atoms with Crippen LogP contribution in [-0.2, 0) is 6.42 Å². The van der Waals surface area contributed by atoms with E-state index in [-0.39, 0.29) is 6.03 Å². The van der Waals surface area contributed by atoms with E-state index in [2.05, 4.69) is 22.5 Å². The summed E-state index contributed by atoms with van der Waals surface area (Å²) in [6, 6.07) is 7.83. The van der Waals surface area contributed by atoms with E-state index in [0.29, 0.717) is 6.54 Å². The van der Waals surface area contributed by atoms with Crippen molar-refractivity contribution >= 4 is 6.03 Å². The molecule has 2 rings (SSSR count). The topological polar surface area (TPSA) is 53.6 Å². The van der Waals surface area contributed by atoms with Crippen molar-refractivity contribution in [2.24, 2.45) is 5.92 Å². The van der Waals surface area contributed by atoms with E-state index in [1.807, 2.05) is 24.3 Å². The monoisotopic (exact) mass is 347 g/mol. The predicted octanol–water partition coefficient (Wildman–Crippen LogP) is 3.05. The predicted molar refractivity (Wildman–Crippen MR) is 102 cm³/mol. The zero-order chi connectivity index (χ0) is 17.9. The van der Waals surface area contributed by atoms with Crippen LogP contribution in [0.25, 0.3) is 0 Å². The van der Waals surface area contributed by atoms with Crippen molar-refractivity contribution < 1.29 is 9.53 Å². The van der Waals surface area contributed by atoms with E-state index in [0.717, 1.165) is 49.6 Å². The molecule has 0 spiro atoms. The summed E-state index contributed by atoms with van der Waals surface area (Å²) in [5.41, 5.74) is 1.11. The molecule has 0 aliphatic carbocycles. The molecule has 1 heterocycles. The van der Waals surface area contributed by atoms with Crippen molar-refractivity contribution in [1.29, 1.82) is 0 Å². The first-order valence-corrected chi connectivity index (χ1v) is 9.55. The van der Waals surface area contributed by atoms with Crippen molar-refractivity contribution in [3.8, 4) is 5.75 Å². The second-order valence-corrected chi connectivity index (χ2v) is 6.98. The summed E-state index contributed by atoms with van der Waals surface area (Å²) in [5, 5.41) is 5.85. The molecule has 140 valence electrons. The van der Waals surface area contributed by atoms with Crippen LogP contribution < -0.4 is 15.4 Å². The van der Waals surface area contributed by atoms with Gasteiger partial charge in [0.1, 0.15) is 5.75 Å². The van der Waals surface area contributed by atoms with Gasteiger partial charge in [-0.1, -0.05) is 25.1 Å². The molecule has 1 aliphatic heterocycles. The average molecular weight is 348 g/mol. The van der Waals surface area contributed by atoms with Crippen molar-refractivity contribution in [2.75, 3.05) is 39.8 Å². The number of likely N-dealkylation sites (tertiary alicyclic amines) is 1. The number of nitrogens with one attached hydrogen (secondary N) is 2. The number of amides is 2. The minimum atomic E-state index is -0.0818. The Kier molecular flexibility index (Phi) is 8.60. The van der Waals surface area contributed by atoms with Gasteiger partial charge in [-0.15, -0.1) is 0 Å². The maximum atomic E-state index is 11.8. The molecule has 5 heteroatoms. The number of ether oxygens (including phenoxy) is 1. The molecule has 0 aromatic heterocycles. The number of carbonyl (C=O) groups is 1. The second-order valence-electron chi connectivity index (χ2n) is 6.98. The van der Waals surface area contributed by atoms with Gasteiger partial charge < -0.3 is 20.3 Å². The van der Waals surface area contributed by atoms with Gasteiger partial charge in [0.15, 0.2) is 0 Å². The van der Waals surface area contributed by atoms with Gasteiger partial charge in [0.05, 0.1) is 7.11 Å². The van der Waals surface area contributed by atoms with E-state index in [9.17, 15) is 4.79 Å². The summed E-state index contributed by atoms with van der Waals surface area (Å²) in [7, 11) is 1.67. The Morgan fingerprint density at radius 3 is 2.64 bits per heavy atom. The van der Waals surface area contributed by atoms with Crippen LogP contribution in [0.5, 0.6) is 5.75 Å². The quantitative estimate of drug-likeness (QED) is 0.675. The number of piperidine rings is 1. The lowest BCUT2D eigenvalue weighted by molar-refractivity contribution is 0.189. The number of rotatable bonds is 9. The molecule has 1 aromatic rings. The summed E-state index contributed by atoms with van der Waals surface area (Å²) >= 11 is 0. The number of hydrogen-bond donors (Lipinski definition) is 2. The maximum Gasteiger partial charge on any atom is 0.314 e. The Balaban J connectivity index is 1.50. The van der Waals surface area contributed by atoms with Crippen LogP contribution in [0, 0.1) is 5.92 Å². The Morgan fingerprint density at radius 2 is 1.88 bits per heavy atom. The van der Waals surface area contributed by atoms with Gasteiger partial charge in [-0.05, 0) is 69.3 Å². The largest absolute Gasteiger partial charge is 0.496 e. The van der Waals surface area contributed by atoms with E-state index >= 15 is 0 Å². The van der Waals surface area contributed by atoms with Crippen LogP contribution in [0.15, 0.2) is 24.3 Å². The second kappa shape index (κ2) is 11.0. The van der Waals surface area contributed by atoms with Crippen molar-refractivity contribution in [3.63, 3.8) is 0 Å². The van der Waals surface area contributed by atoms with E-state index in [1.54, 1.807) is 7.11 Å². The van der Waals surface area contributed by atoms with Gasteiger partial charge in [-0.2, -0.15) is 0 Å². The summed E-state index contributed by atoms with van der Waals surface area (Å²) in [4.78, 5) is 14.4. The summed E-state index contributed by atoms with van der Waals surface area (Å²) < 4.78 is 5.32. The first-order chi connectivity index (χ1) is 12.2. The molecule has 0 radical (unpaired) electrons. The van der Waals surface area contributed by atoms with Gasteiger partial charge in [-0.3, -0.25) is 0 Å². The summed E-state index contributed by atoms with van der Waals surface area (Å²) in [6.45, 7) is 7.32. The third-order valence-electron chi connectivity index (χ3n) is 4.94. The molecule has 1 fully saturated rings. The number of unbranched alkanes of at least 4 members (excludes halogenated alkanes) is 1. The SMILES string of the molecule is COc1ccccc1CCNC(=O)NCCCCN1CCC(C)CC1. The molecule has 0 saturated carbocycles. The van der Waals surface area contributed by atoms with E-state index in [1.165, 1.54) is 25.9 Å². The van der Waals surface area contributed by atoms with Crippen molar-refractivity contribution in [2.45, 2.75) is 39.0 Å². The Morgan fingerprint density at radius 1 is 1.16 bits per heavy atom. The van der Waals surface area contributed by atoms with Crippen LogP contribution in [0.4, 0.5) is 4.79 Å². The Bertz CT molecular complexity index is 513. The van der Waals surface area contributed by atoms with Crippen LogP contribution in [0.2, 0.25) is 0 Å². The average Bonchev–Trinajstić information content (AvgIpc) is 2.63. The highest BCUT2D eigenvalue weighted by atomic mass is 16.5. The lowest BCUT2D eigenvalue weighted by Gasteiger charge is -2.30. The number of nitrogens with zero attached hydrogens (tertiary/aromatic N) is 1. The molecule has 2 N–H and O–H groups in total. The molecule has 25 heavy (non-hydrogen) atoms. The van der Waals surface area contributed by atoms with Crippen molar-refractivity contribution in [1.82, 2.24) is 15.5 Å². The highest BCUT2D eigenvalue weighted by Gasteiger charge is 2.14. The molecule has 1 aromatic carbocycles. The number of benzene rings is 1. The van der Waals surface area contributed by atoms with Gasteiger partial charge in [0.25, 0.3) is 0 Å². The van der Waals surface area contributed by atoms with Crippen LogP contribution in [0.3, 0.4) is 0 Å². The fraction of sp³-hybridized carbons (Fsp3) is 0.650. The van der Waals surface area contributed by atoms with E-state index in [4.69, 9.17) is 4.74 Å². The van der Waals surface area contributed by atoms with Crippen molar-refractivity contribution in [3.05, 3.63) is 29.8 Å². The molecule has 2 amide bonds. The van der Waals surface area contributed by atoms with Gasteiger partial charge in [-0.25, -0.2) is 4.79 Å². The smallest absolute Gasteiger partial charge is 0.314 e. The minimum Gasteiger partial charge on any atom is -0.496 e. The third kappa shape index (κ3) is 7.34. The lowest BCUT2D eigenvalue weighted by atomic mass is 9.99. The maximum absolute atomic E-state index is 11.8. The molecule has 5 nitrogen and oxygen atoms in total. The molecular weight excluding hydrogens is 314 g/mol. The Labute approximate surface area is 152 Å². The normalized spacial score (nSPS) is 15.8. The lowest BCUT2D eigenvalue weighted by Crippen LogP contribution is -2.37. The zero-order valence-corrected chi connectivity index (χ0v) is 15.7. The summed E-state index contributed by atoms with van der Waals surface area (Å²) in [5.74, 6) is 1.76. The fourth-order valence-corrected chi connectivity index (χ4v) is 3.23. The minimum absolute atomic E-state index is 0.0818. The number of para-hydroxylation sites is 1. The molecule has 1 aliphatic rings. The molecule has 0 unspecified atom stereocenters. The number of hydrogen-bond acceptors (Lipinski definition) is 3. The number of methoxy groups -OCH3 is 1. The fourth-order valence-electron chi connectivity index (χ4n) is 3.23. The molecule has 0 atom stereocenters. The third-order valence-corrected chi connectivity index (χ3v) is 4.94. The first-order valence-electron chi connectivity index (χ1n) is 9.55. The van der Waals surface area contributed by atoms with Gasteiger partial charge in [0, 0.05) is 13.1 Å².